The molecular formula is C58H59N7O10S. The molecule has 8 rings (SSSR count). The monoisotopic (exact) mass is 1050 g/mol. The van der Waals surface area contributed by atoms with Gasteiger partial charge in [0.15, 0.2) is 10.5 Å². The Morgan fingerprint density at radius 2 is 1.64 bits per heavy atom. The van der Waals surface area contributed by atoms with Crippen molar-refractivity contribution in [2.24, 2.45) is 0 Å². The maximum atomic E-state index is 13.7. The largest absolute Gasteiger partial charge is 0.508 e. The van der Waals surface area contributed by atoms with Crippen molar-refractivity contribution < 1.29 is 43.7 Å². The van der Waals surface area contributed by atoms with Gasteiger partial charge in [-0.05, 0) is 135 Å². The number of hydrogen-bond donors (Lipinski definition) is 8. The number of aromatic carboxylic acids is 1. The van der Waals surface area contributed by atoms with E-state index in [9.17, 15) is 39.3 Å². The number of imidazole rings is 1. The Balaban J connectivity index is 0.915. The number of fused-ring (bicyclic) bond motifs is 3. The number of carboxylic acids is 2. The normalized spacial score (nSPS) is 13.5. The summed E-state index contributed by atoms with van der Waals surface area (Å²) in [5.41, 5.74) is 5.40. The van der Waals surface area contributed by atoms with Gasteiger partial charge in [0.1, 0.15) is 29.0 Å². The molecule has 5 aromatic rings. The van der Waals surface area contributed by atoms with E-state index >= 15 is 0 Å². The number of aromatic nitrogens is 2. The number of ether oxygens (including phenoxy) is 1. The number of carboxylic acid groups (broad SMARTS) is 2. The summed E-state index contributed by atoms with van der Waals surface area (Å²) in [5.74, 6) is -1.63. The Morgan fingerprint density at radius 1 is 0.895 bits per heavy atom. The molecule has 1 atom stereocenters. The molecule has 1 aliphatic heterocycles. The number of amides is 2. The molecule has 392 valence electrons. The summed E-state index contributed by atoms with van der Waals surface area (Å²) < 4.78 is 13.7. The Kier molecular flexibility index (Phi) is 17.3. The molecule has 2 amide bonds. The zero-order chi connectivity index (χ0) is 53.9. The first kappa shape index (κ1) is 53.5. The van der Waals surface area contributed by atoms with Crippen molar-refractivity contribution in [3.63, 3.8) is 0 Å². The standard InChI is InChI=1S/C58H59N7O10S/c1-4-25-59-33-35(12-11-34(3)74-5-2)28-48(57(72)73)64-55(69)38-17-24-49-47(29-38)63-53(65(49)40-9-7-6-8-10-40)36-13-15-37(16-14-36)54(68)60-26-27-61-58(76)62-39-18-21-43(46(30-39)56(70)71)52-44-22-19-41(66)31-50(44)75-51-32-42(67)20-23-45(51)52/h4,11,13-24,29-33,40,48,59,66H,1,5-10,12,25-28H2,2-3H3,(H,60,68)(H,64,69)(H,70,71)(H,72,73)(H2,61,62,76)/b34-11+,35-33+/t48-/m0/s1. The summed E-state index contributed by atoms with van der Waals surface area (Å²) in [6.45, 7) is 8.90. The number of aromatic hydroxyl groups is 1. The molecule has 1 fully saturated rings. The minimum atomic E-state index is -1.21. The molecule has 2 heterocycles. The van der Waals surface area contributed by atoms with Crippen molar-refractivity contribution in [2.45, 2.75) is 70.9 Å². The maximum absolute atomic E-state index is 13.7. The fraction of sp³-hybridized carbons (Fsp3) is 0.259. The predicted molar refractivity (Wildman–Crippen MR) is 297 cm³/mol. The van der Waals surface area contributed by atoms with Gasteiger partial charge >= 0.3 is 11.9 Å². The number of hydrogen-bond acceptors (Lipinski definition) is 11. The number of carbonyl (C=O) groups excluding carboxylic acids is 2. The second kappa shape index (κ2) is 24.5. The SMILES string of the molecule is C=CCN/C=C(\C/C=C(\C)OCC)C[C@H](NC(=O)c1ccc2c(c1)nc(-c1ccc(C(=O)NCCNC(=S)Nc3ccc(-c4c5ccc(=O)cc-5oc5cc(O)ccc45)c(C(=O)O)c3)cc1)n2C1CCCCC1)C(=O)O. The molecule has 4 aromatic carbocycles. The van der Waals surface area contributed by atoms with Crippen LogP contribution in [0.4, 0.5) is 5.69 Å². The van der Waals surface area contributed by atoms with E-state index in [2.05, 4.69) is 37.7 Å². The quantitative estimate of drug-likeness (QED) is 0.0110. The van der Waals surface area contributed by atoms with Crippen LogP contribution in [0.5, 0.6) is 5.75 Å². The fourth-order valence-electron chi connectivity index (χ4n) is 9.47. The third kappa shape index (κ3) is 12.8. The second-order valence-electron chi connectivity index (χ2n) is 18.4. The van der Waals surface area contributed by atoms with Crippen molar-refractivity contribution in [3.05, 3.63) is 160 Å². The average molecular weight is 1050 g/mol. The molecule has 18 heteroatoms. The van der Waals surface area contributed by atoms with E-state index in [1.165, 1.54) is 30.3 Å². The Labute approximate surface area is 443 Å². The second-order valence-corrected chi connectivity index (χ2v) is 18.8. The molecule has 17 nitrogen and oxygen atoms in total. The van der Waals surface area contributed by atoms with Gasteiger partial charge in [0.2, 0.25) is 0 Å². The molecule has 0 saturated heterocycles. The van der Waals surface area contributed by atoms with Gasteiger partial charge in [0.05, 0.1) is 29.0 Å². The van der Waals surface area contributed by atoms with Crippen molar-refractivity contribution >= 4 is 68.8 Å². The summed E-state index contributed by atoms with van der Waals surface area (Å²) in [4.78, 5) is 69.6. The molecule has 0 bridgehead atoms. The predicted octanol–water partition coefficient (Wildman–Crippen LogP) is 9.77. The van der Waals surface area contributed by atoms with Crippen LogP contribution < -0.4 is 32.0 Å². The third-order valence-electron chi connectivity index (χ3n) is 13.1. The lowest BCUT2D eigenvalue weighted by Gasteiger charge is -2.25. The number of rotatable bonds is 21. The number of nitrogens with one attached hydrogen (secondary N) is 5. The van der Waals surface area contributed by atoms with Crippen molar-refractivity contribution in [1.82, 2.24) is 30.8 Å². The smallest absolute Gasteiger partial charge is 0.336 e. The highest BCUT2D eigenvalue weighted by Crippen LogP contribution is 2.43. The first-order valence-corrected chi connectivity index (χ1v) is 25.5. The lowest BCUT2D eigenvalue weighted by Crippen LogP contribution is -2.41. The number of carbonyl (C=O) groups is 4. The number of nitrogens with zero attached hydrogens (tertiary/aromatic N) is 2. The van der Waals surface area contributed by atoms with Gasteiger partial charge in [-0.2, -0.15) is 0 Å². The zero-order valence-electron chi connectivity index (χ0n) is 42.1. The Morgan fingerprint density at radius 3 is 2.38 bits per heavy atom. The summed E-state index contributed by atoms with van der Waals surface area (Å²) in [6, 6.07) is 24.9. The highest BCUT2D eigenvalue weighted by Gasteiger charge is 2.27. The molecule has 1 saturated carbocycles. The summed E-state index contributed by atoms with van der Waals surface area (Å²) in [5, 5.41) is 46.3. The van der Waals surface area contributed by atoms with Crippen LogP contribution in [-0.4, -0.2) is 86.0 Å². The minimum absolute atomic E-state index is 0.0444. The number of aliphatic carboxylic acids is 1. The molecule has 76 heavy (non-hydrogen) atoms. The van der Waals surface area contributed by atoms with Gasteiger partial charge in [-0.15, -0.1) is 6.58 Å². The van der Waals surface area contributed by atoms with Crippen LogP contribution in [0.1, 0.15) is 95.9 Å². The highest BCUT2D eigenvalue weighted by molar-refractivity contribution is 7.80. The summed E-state index contributed by atoms with van der Waals surface area (Å²) in [7, 11) is 0. The van der Waals surface area contributed by atoms with Crippen molar-refractivity contribution in [3.8, 4) is 39.6 Å². The van der Waals surface area contributed by atoms with Gasteiger partial charge < -0.3 is 55.6 Å². The number of benzene rings is 5. The van der Waals surface area contributed by atoms with Crippen LogP contribution in [0.25, 0.3) is 55.8 Å². The fourth-order valence-corrected chi connectivity index (χ4v) is 9.69. The van der Waals surface area contributed by atoms with E-state index in [0.29, 0.717) is 70.0 Å². The first-order valence-electron chi connectivity index (χ1n) is 25.1. The lowest BCUT2D eigenvalue weighted by molar-refractivity contribution is -0.139. The zero-order valence-corrected chi connectivity index (χ0v) is 42.9. The number of phenolic OH excluding ortho intramolecular Hbond substituents is 1. The van der Waals surface area contributed by atoms with Gasteiger partial charge in [-0.25, -0.2) is 14.6 Å². The van der Waals surface area contributed by atoms with Crippen molar-refractivity contribution in [2.75, 3.05) is 31.6 Å². The van der Waals surface area contributed by atoms with Gasteiger partial charge in [0, 0.05) is 83.1 Å². The van der Waals surface area contributed by atoms with Crippen LogP contribution in [0.15, 0.2) is 143 Å². The molecule has 8 N–H and O–H groups in total. The molecule has 0 spiro atoms. The topological polar surface area (TPSA) is 246 Å². The van der Waals surface area contributed by atoms with Crippen LogP contribution >= 0.6 is 12.2 Å². The minimum Gasteiger partial charge on any atom is -0.508 e. The lowest BCUT2D eigenvalue weighted by atomic mass is 9.90. The molecule has 0 radical (unpaired) electrons. The van der Waals surface area contributed by atoms with E-state index in [1.807, 2.05) is 38.1 Å². The maximum Gasteiger partial charge on any atom is 0.336 e. The molecule has 2 aliphatic carbocycles. The Hall–Kier alpha value is -8.77. The number of thiocarbonyl (C=S) groups is 1. The van der Waals surface area contributed by atoms with E-state index in [1.54, 1.807) is 60.8 Å². The number of anilines is 1. The Bertz CT molecular complexity index is 3430. The summed E-state index contributed by atoms with van der Waals surface area (Å²) in [6.07, 6.45) is 11.0. The van der Waals surface area contributed by atoms with Crippen LogP contribution in [0, 0.1) is 0 Å². The van der Waals surface area contributed by atoms with Gasteiger partial charge in [-0.3, -0.25) is 14.4 Å². The van der Waals surface area contributed by atoms with Crippen LogP contribution in [-0.2, 0) is 9.53 Å². The number of allylic oxidation sites excluding steroid dienone is 2. The van der Waals surface area contributed by atoms with Gasteiger partial charge in [0.25, 0.3) is 11.8 Å². The summed E-state index contributed by atoms with van der Waals surface area (Å²) >= 11 is 5.52. The molecule has 3 aliphatic rings. The van der Waals surface area contributed by atoms with E-state index in [0.717, 1.165) is 48.8 Å². The first-order chi connectivity index (χ1) is 36.7. The third-order valence-corrected chi connectivity index (χ3v) is 13.4. The van der Waals surface area contributed by atoms with Gasteiger partial charge in [-0.1, -0.05) is 43.5 Å². The highest BCUT2D eigenvalue weighted by atomic mass is 32.1. The molecule has 0 unspecified atom stereocenters. The van der Waals surface area contributed by atoms with Crippen molar-refractivity contribution in [1.29, 1.82) is 0 Å². The van der Waals surface area contributed by atoms with E-state index in [-0.39, 0.29) is 70.2 Å². The molecule has 1 aromatic heterocycles. The van der Waals surface area contributed by atoms with E-state index < -0.39 is 23.9 Å². The van der Waals surface area contributed by atoms with Crippen LogP contribution in [0.3, 0.4) is 0 Å². The van der Waals surface area contributed by atoms with E-state index in [4.69, 9.17) is 26.4 Å². The van der Waals surface area contributed by atoms with Crippen LogP contribution in [0.2, 0.25) is 0 Å². The number of phenols is 1. The average Bonchev–Trinajstić information content (AvgIpc) is 3.79. The molecular weight excluding hydrogens is 987 g/mol.